The van der Waals surface area contributed by atoms with Gasteiger partial charge in [-0.3, -0.25) is 0 Å². The third-order valence-corrected chi connectivity index (χ3v) is 7.25. The number of hydrogen-bond acceptors (Lipinski definition) is 2. The van der Waals surface area contributed by atoms with Crippen LogP contribution in [-0.4, -0.2) is 19.3 Å². The predicted molar refractivity (Wildman–Crippen MR) is 103 cm³/mol. The van der Waals surface area contributed by atoms with Gasteiger partial charge < -0.3 is 9.47 Å². The Kier molecular flexibility index (Phi) is 4.18. The molecule has 25 heavy (non-hydrogen) atoms. The average molecular weight is 343 g/mol. The van der Waals surface area contributed by atoms with E-state index in [2.05, 4.69) is 46.8 Å². The zero-order chi connectivity index (χ0) is 17.8. The fourth-order valence-corrected chi connectivity index (χ4v) is 6.00. The molecule has 138 valence electrons. The van der Waals surface area contributed by atoms with Gasteiger partial charge in [0.05, 0.1) is 6.61 Å². The van der Waals surface area contributed by atoms with Gasteiger partial charge in [0, 0.05) is 5.56 Å². The van der Waals surface area contributed by atoms with Gasteiger partial charge in [-0.05, 0) is 65.5 Å². The molecular weight excluding hydrogens is 308 g/mol. The van der Waals surface area contributed by atoms with Crippen molar-refractivity contribution in [2.24, 2.45) is 11.3 Å². The average Bonchev–Trinajstić information content (AvgIpc) is 3.35. The fourth-order valence-electron chi connectivity index (χ4n) is 6.00. The Bertz CT molecular complexity index is 656. The predicted octanol–water partition coefficient (Wildman–Crippen LogP) is 5.62. The van der Waals surface area contributed by atoms with Crippen molar-refractivity contribution in [2.45, 2.75) is 84.2 Å². The highest BCUT2D eigenvalue weighted by molar-refractivity contribution is 5.51. The summed E-state index contributed by atoms with van der Waals surface area (Å²) in [5.74, 6) is 2.40. The smallest absolute Gasteiger partial charge is 0.123 e. The van der Waals surface area contributed by atoms with Crippen LogP contribution in [0.25, 0.3) is 0 Å². The molecule has 1 saturated heterocycles. The van der Waals surface area contributed by atoms with E-state index in [1.165, 1.54) is 37.7 Å². The minimum Gasteiger partial charge on any atom is -0.490 e. The fraction of sp³-hybridized carbons (Fsp3) is 0.739. The molecule has 0 aromatic heterocycles. The van der Waals surface area contributed by atoms with Gasteiger partial charge >= 0.3 is 0 Å². The van der Waals surface area contributed by atoms with E-state index in [9.17, 15) is 0 Å². The Morgan fingerprint density at radius 1 is 1.20 bits per heavy atom. The Hall–Kier alpha value is -1.02. The van der Waals surface area contributed by atoms with Crippen LogP contribution in [0.4, 0.5) is 0 Å². The van der Waals surface area contributed by atoms with Crippen LogP contribution in [0.1, 0.15) is 82.9 Å². The molecule has 2 nitrogen and oxygen atoms in total. The largest absolute Gasteiger partial charge is 0.490 e. The maximum absolute atomic E-state index is 6.17. The molecular formula is C23H34O2. The van der Waals surface area contributed by atoms with Gasteiger partial charge in [0.2, 0.25) is 0 Å². The summed E-state index contributed by atoms with van der Waals surface area (Å²) in [6.45, 7) is 13.7. The van der Waals surface area contributed by atoms with E-state index >= 15 is 0 Å². The van der Waals surface area contributed by atoms with E-state index in [1.807, 2.05) is 0 Å². The topological polar surface area (TPSA) is 21.8 Å². The Morgan fingerprint density at radius 2 is 1.96 bits per heavy atom. The maximum atomic E-state index is 6.17. The summed E-state index contributed by atoms with van der Waals surface area (Å²) < 4.78 is 11.5. The van der Waals surface area contributed by atoms with Crippen molar-refractivity contribution in [3.05, 3.63) is 28.8 Å². The van der Waals surface area contributed by atoms with Crippen molar-refractivity contribution in [3.63, 3.8) is 0 Å². The second kappa shape index (κ2) is 6.01. The molecule has 1 unspecified atom stereocenters. The van der Waals surface area contributed by atoms with Crippen LogP contribution >= 0.6 is 0 Å². The lowest BCUT2D eigenvalue weighted by Gasteiger charge is -2.54. The molecule has 1 aromatic carbocycles. The van der Waals surface area contributed by atoms with Crippen LogP contribution < -0.4 is 4.74 Å². The summed E-state index contributed by atoms with van der Waals surface area (Å²) in [6.07, 6.45) is 6.92. The van der Waals surface area contributed by atoms with E-state index in [0.29, 0.717) is 29.5 Å². The van der Waals surface area contributed by atoms with Crippen molar-refractivity contribution in [1.29, 1.82) is 0 Å². The van der Waals surface area contributed by atoms with Gasteiger partial charge in [-0.2, -0.15) is 0 Å². The van der Waals surface area contributed by atoms with Gasteiger partial charge in [-0.15, -0.1) is 0 Å². The van der Waals surface area contributed by atoms with Gasteiger partial charge in [0.15, 0.2) is 0 Å². The first-order chi connectivity index (χ1) is 11.8. The van der Waals surface area contributed by atoms with Crippen molar-refractivity contribution >= 4 is 0 Å². The molecule has 2 fully saturated rings. The van der Waals surface area contributed by atoms with Crippen molar-refractivity contribution < 1.29 is 9.47 Å². The standard InChI is InChI=1S/C23H34O2/c1-15(2)21-17-7-10-20-22(3,4)11-6-12-23(20,5)18(17)8-9-19(21)25-14-16-13-24-16/h8-9,15-16,20H,6-7,10-14H2,1-5H3/t16?,20-,23+/m0/s1. The van der Waals surface area contributed by atoms with E-state index in [1.54, 1.807) is 11.1 Å². The molecule has 0 bridgehead atoms. The summed E-state index contributed by atoms with van der Waals surface area (Å²) in [4.78, 5) is 0. The summed E-state index contributed by atoms with van der Waals surface area (Å²) >= 11 is 0. The van der Waals surface area contributed by atoms with Crippen molar-refractivity contribution in [3.8, 4) is 5.75 Å². The summed E-state index contributed by atoms with van der Waals surface area (Å²) in [5.41, 5.74) is 5.47. The molecule has 0 spiro atoms. The lowest BCUT2D eigenvalue weighted by molar-refractivity contribution is 0.0404. The third-order valence-electron chi connectivity index (χ3n) is 7.25. The first kappa shape index (κ1) is 17.4. The van der Waals surface area contributed by atoms with Crippen LogP contribution in [0.5, 0.6) is 5.75 Å². The molecule has 0 N–H and O–H groups in total. The highest BCUT2D eigenvalue weighted by Crippen LogP contribution is 2.58. The summed E-state index contributed by atoms with van der Waals surface area (Å²) in [5, 5.41) is 0. The zero-order valence-electron chi connectivity index (χ0n) is 16.7. The van der Waals surface area contributed by atoms with Crippen LogP contribution in [0.2, 0.25) is 0 Å². The molecule has 1 aliphatic heterocycles. The number of fused-ring (bicyclic) bond motifs is 3. The number of ether oxygens (including phenoxy) is 2. The van der Waals surface area contributed by atoms with Crippen molar-refractivity contribution in [1.82, 2.24) is 0 Å². The number of hydrogen-bond donors (Lipinski definition) is 0. The van der Waals surface area contributed by atoms with E-state index in [0.717, 1.165) is 18.3 Å². The molecule has 0 amide bonds. The normalized spacial score (nSPS) is 32.9. The van der Waals surface area contributed by atoms with Crippen LogP contribution in [-0.2, 0) is 16.6 Å². The second-order valence-electron chi connectivity index (χ2n) is 9.78. The van der Waals surface area contributed by atoms with Crippen LogP contribution in [0.15, 0.2) is 12.1 Å². The summed E-state index contributed by atoms with van der Waals surface area (Å²) in [7, 11) is 0. The lowest BCUT2D eigenvalue weighted by Crippen LogP contribution is -2.48. The molecule has 1 heterocycles. The maximum Gasteiger partial charge on any atom is 0.123 e. The quantitative estimate of drug-likeness (QED) is 0.663. The Labute approximate surface area is 153 Å². The van der Waals surface area contributed by atoms with Crippen molar-refractivity contribution in [2.75, 3.05) is 13.2 Å². The molecule has 2 aliphatic carbocycles. The number of rotatable bonds is 4. The van der Waals surface area contributed by atoms with Crippen LogP contribution in [0.3, 0.4) is 0 Å². The van der Waals surface area contributed by atoms with Gasteiger partial charge in [0.25, 0.3) is 0 Å². The van der Waals surface area contributed by atoms with Gasteiger partial charge in [0.1, 0.15) is 18.5 Å². The lowest BCUT2D eigenvalue weighted by atomic mass is 9.50. The molecule has 1 saturated carbocycles. The molecule has 3 atom stereocenters. The molecule has 1 aromatic rings. The first-order valence-corrected chi connectivity index (χ1v) is 10.2. The SMILES string of the molecule is CC(C)c1c(OCC2CO2)ccc2c1CC[C@H]1C(C)(C)CCC[C@]21C. The van der Waals surface area contributed by atoms with E-state index in [-0.39, 0.29) is 0 Å². The first-order valence-electron chi connectivity index (χ1n) is 10.2. The molecule has 4 rings (SSSR count). The molecule has 3 aliphatic rings. The molecule has 2 heteroatoms. The molecule has 0 radical (unpaired) electrons. The second-order valence-corrected chi connectivity index (χ2v) is 9.78. The summed E-state index contributed by atoms with van der Waals surface area (Å²) in [6, 6.07) is 4.66. The third kappa shape index (κ3) is 2.91. The van der Waals surface area contributed by atoms with E-state index in [4.69, 9.17) is 9.47 Å². The van der Waals surface area contributed by atoms with Crippen LogP contribution in [0, 0.1) is 11.3 Å². The highest BCUT2D eigenvalue weighted by atomic mass is 16.6. The Balaban J connectivity index is 1.75. The number of benzene rings is 1. The highest BCUT2D eigenvalue weighted by Gasteiger charge is 2.50. The Morgan fingerprint density at radius 3 is 2.64 bits per heavy atom. The monoisotopic (exact) mass is 342 g/mol. The number of epoxide rings is 1. The minimum absolute atomic E-state index is 0.317. The van der Waals surface area contributed by atoms with E-state index < -0.39 is 0 Å². The zero-order valence-corrected chi connectivity index (χ0v) is 16.7. The van der Waals surface area contributed by atoms with Gasteiger partial charge in [-0.25, -0.2) is 0 Å². The van der Waals surface area contributed by atoms with Gasteiger partial charge in [-0.1, -0.05) is 47.1 Å². The minimum atomic E-state index is 0.317.